The van der Waals surface area contributed by atoms with Crippen LogP contribution in [0.25, 0.3) is 0 Å². The zero-order valence-corrected chi connectivity index (χ0v) is 13.7. The van der Waals surface area contributed by atoms with E-state index in [1.54, 1.807) is 12.4 Å². The molecule has 6 heteroatoms. The number of aryl methyl sites for hydroxylation is 1. The van der Waals surface area contributed by atoms with Crippen molar-refractivity contribution < 1.29 is 9.53 Å². The van der Waals surface area contributed by atoms with Crippen LogP contribution >= 0.6 is 0 Å². The van der Waals surface area contributed by atoms with Gasteiger partial charge in [-0.25, -0.2) is 4.98 Å². The van der Waals surface area contributed by atoms with Gasteiger partial charge in [-0.1, -0.05) is 0 Å². The van der Waals surface area contributed by atoms with E-state index in [-0.39, 0.29) is 12.0 Å². The Balaban J connectivity index is 1.67. The van der Waals surface area contributed by atoms with Crippen LogP contribution < -0.4 is 9.64 Å². The smallest absolute Gasteiger partial charge is 0.255 e. The molecule has 0 saturated carbocycles. The van der Waals surface area contributed by atoms with Crippen molar-refractivity contribution in [1.29, 1.82) is 0 Å². The van der Waals surface area contributed by atoms with Crippen LogP contribution in [-0.2, 0) is 0 Å². The molecule has 1 amide bonds. The van der Waals surface area contributed by atoms with Gasteiger partial charge in [0.25, 0.3) is 5.91 Å². The van der Waals surface area contributed by atoms with E-state index in [2.05, 4.69) is 9.97 Å². The third-order valence-corrected chi connectivity index (χ3v) is 4.08. The Hall–Kier alpha value is -2.50. The highest BCUT2D eigenvalue weighted by Crippen LogP contribution is 2.27. The summed E-state index contributed by atoms with van der Waals surface area (Å²) >= 11 is 0. The molecule has 1 atom stereocenters. The Kier molecular flexibility index (Phi) is 4.23. The monoisotopic (exact) mass is 314 g/mol. The van der Waals surface area contributed by atoms with E-state index in [0.29, 0.717) is 13.1 Å². The second-order valence-electron chi connectivity index (χ2n) is 6.02. The molecular weight excluding hydrogens is 292 g/mol. The highest BCUT2D eigenvalue weighted by atomic mass is 16.5. The standard InChI is InChI=1S/C17H22N4O2/c1-12-14(6-9-18-12)17(22)21-10-7-13(11-21)23-15-5-4-8-19-16(15)20(2)3/h4-6,8-9,13,18H,7,10-11H2,1-3H3/t13-/m1/s1. The SMILES string of the molecule is Cc1[nH]ccc1C(=O)N1CC[C@@H](Oc2cccnc2N(C)C)C1. The number of rotatable bonds is 4. The van der Waals surface area contributed by atoms with Gasteiger partial charge in [0, 0.05) is 45.1 Å². The molecule has 6 nitrogen and oxygen atoms in total. The van der Waals surface area contributed by atoms with Gasteiger partial charge >= 0.3 is 0 Å². The summed E-state index contributed by atoms with van der Waals surface area (Å²) in [6.07, 6.45) is 4.38. The maximum absolute atomic E-state index is 12.5. The highest BCUT2D eigenvalue weighted by molar-refractivity contribution is 5.95. The van der Waals surface area contributed by atoms with Gasteiger partial charge in [0.2, 0.25) is 0 Å². The minimum absolute atomic E-state index is 0.00102. The first kappa shape index (κ1) is 15.4. The maximum Gasteiger partial charge on any atom is 0.255 e. The predicted molar refractivity (Wildman–Crippen MR) is 89.0 cm³/mol. The number of pyridine rings is 1. The van der Waals surface area contributed by atoms with Crippen molar-refractivity contribution in [1.82, 2.24) is 14.9 Å². The van der Waals surface area contributed by atoms with Crippen molar-refractivity contribution in [2.24, 2.45) is 0 Å². The first-order valence-corrected chi connectivity index (χ1v) is 7.78. The molecule has 23 heavy (non-hydrogen) atoms. The van der Waals surface area contributed by atoms with Crippen LogP contribution in [0.15, 0.2) is 30.6 Å². The summed E-state index contributed by atoms with van der Waals surface area (Å²) in [5.74, 6) is 1.63. The lowest BCUT2D eigenvalue weighted by atomic mass is 10.2. The molecule has 0 aliphatic carbocycles. The average molecular weight is 314 g/mol. The van der Waals surface area contributed by atoms with Crippen molar-refractivity contribution >= 4 is 11.7 Å². The summed E-state index contributed by atoms with van der Waals surface area (Å²) < 4.78 is 6.09. The highest BCUT2D eigenvalue weighted by Gasteiger charge is 2.29. The second kappa shape index (κ2) is 6.32. The van der Waals surface area contributed by atoms with E-state index in [4.69, 9.17) is 4.74 Å². The molecular formula is C17H22N4O2. The fourth-order valence-corrected chi connectivity index (χ4v) is 2.85. The largest absolute Gasteiger partial charge is 0.485 e. The van der Waals surface area contributed by atoms with E-state index in [1.165, 1.54) is 0 Å². The second-order valence-corrected chi connectivity index (χ2v) is 6.02. The lowest BCUT2D eigenvalue weighted by molar-refractivity contribution is 0.0772. The minimum atomic E-state index is 0.00102. The molecule has 0 aromatic carbocycles. The number of anilines is 1. The number of hydrogen-bond acceptors (Lipinski definition) is 4. The molecule has 1 N–H and O–H groups in total. The summed E-state index contributed by atoms with van der Waals surface area (Å²) in [6.45, 7) is 3.23. The Morgan fingerprint density at radius 2 is 2.26 bits per heavy atom. The van der Waals surface area contributed by atoms with E-state index in [1.807, 2.05) is 49.0 Å². The summed E-state index contributed by atoms with van der Waals surface area (Å²) in [5.41, 5.74) is 1.64. The van der Waals surface area contributed by atoms with E-state index in [0.717, 1.165) is 29.2 Å². The zero-order chi connectivity index (χ0) is 16.4. The van der Waals surface area contributed by atoms with Gasteiger partial charge in [-0.2, -0.15) is 0 Å². The van der Waals surface area contributed by atoms with Crippen molar-refractivity contribution in [3.63, 3.8) is 0 Å². The van der Waals surface area contributed by atoms with Gasteiger partial charge in [-0.15, -0.1) is 0 Å². The number of likely N-dealkylation sites (tertiary alicyclic amines) is 1. The summed E-state index contributed by atoms with van der Waals surface area (Å²) in [5, 5.41) is 0. The fourth-order valence-electron chi connectivity index (χ4n) is 2.85. The van der Waals surface area contributed by atoms with Crippen LogP contribution in [0.3, 0.4) is 0 Å². The van der Waals surface area contributed by atoms with Crippen LogP contribution in [0, 0.1) is 6.92 Å². The van der Waals surface area contributed by atoms with Crippen LogP contribution in [0.5, 0.6) is 5.75 Å². The van der Waals surface area contributed by atoms with E-state index in [9.17, 15) is 4.79 Å². The van der Waals surface area contributed by atoms with Gasteiger partial charge in [0.1, 0.15) is 6.10 Å². The molecule has 1 aliphatic rings. The Morgan fingerprint density at radius 3 is 2.96 bits per heavy atom. The maximum atomic E-state index is 12.5. The number of nitrogens with zero attached hydrogens (tertiary/aromatic N) is 3. The molecule has 1 aliphatic heterocycles. The van der Waals surface area contributed by atoms with Crippen molar-refractivity contribution in [3.05, 3.63) is 41.9 Å². The van der Waals surface area contributed by atoms with Gasteiger partial charge in [0.15, 0.2) is 11.6 Å². The Morgan fingerprint density at radius 1 is 1.43 bits per heavy atom. The molecule has 2 aromatic rings. The summed E-state index contributed by atoms with van der Waals surface area (Å²) in [4.78, 5) is 23.7. The molecule has 2 aromatic heterocycles. The molecule has 1 saturated heterocycles. The quantitative estimate of drug-likeness (QED) is 0.938. The Labute approximate surface area is 136 Å². The number of aromatic amines is 1. The van der Waals surface area contributed by atoms with Crippen LogP contribution in [0.1, 0.15) is 22.5 Å². The normalized spacial score (nSPS) is 17.3. The topological polar surface area (TPSA) is 61.5 Å². The third-order valence-electron chi connectivity index (χ3n) is 4.08. The van der Waals surface area contributed by atoms with Gasteiger partial charge in [0.05, 0.1) is 12.1 Å². The average Bonchev–Trinajstić information content (AvgIpc) is 3.16. The molecule has 0 spiro atoms. The number of ether oxygens (including phenoxy) is 1. The first-order valence-electron chi connectivity index (χ1n) is 7.78. The van der Waals surface area contributed by atoms with Crippen LogP contribution in [0.2, 0.25) is 0 Å². The summed E-state index contributed by atoms with van der Waals surface area (Å²) in [6, 6.07) is 5.61. The molecule has 0 radical (unpaired) electrons. The van der Waals surface area contributed by atoms with Gasteiger partial charge < -0.3 is 19.5 Å². The third kappa shape index (κ3) is 3.16. The molecule has 0 unspecified atom stereocenters. The van der Waals surface area contributed by atoms with Gasteiger partial charge in [-0.3, -0.25) is 4.79 Å². The minimum Gasteiger partial charge on any atom is -0.485 e. The Bertz CT molecular complexity index is 695. The number of amides is 1. The van der Waals surface area contributed by atoms with Crippen LogP contribution in [-0.4, -0.2) is 54.1 Å². The molecule has 0 bridgehead atoms. The van der Waals surface area contributed by atoms with E-state index >= 15 is 0 Å². The molecule has 1 fully saturated rings. The fraction of sp³-hybridized carbons (Fsp3) is 0.412. The van der Waals surface area contributed by atoms with E-state index < -0.39 is 0 Å². The lowest BCUT2D eigenvalue weighted by Gasteiger charge is -2.20. The van der Waals surface area contributed by atoms with Crippen LogP contribution in [0.4, 0.5) is 5.82 Å². The van der Waals surface area contributed by atoms with Gasteiger partial charge in [-0.05, 0) is 25.1 Å². The van der Waals surface area contributed by atoms with Crippen molar-refractivity contribution in [3.8, 4) is 5.75 Å². The lowest BCUT2D eigenvalue weighted by Crippen LogP contribution is -2.31. The number of aromatic nitrogens is 2. The number of H-pyrrole nitrogens is 1. The van der Waals surface area contributed by atoms with Crippen molar-refractivity contribution in [2.75, 3.05) is 32.1 Å². The number of carbonyl (C=O) groups excluding carboxylic acids is 1. The number of hydrogen-bond donors (Lipinski definition) is 1. The number of carbonyl (C=O) groups is 1. The molecule has 3 heterocycles. The predicted octanol–water partition coefficient (Wildman–Crippen LogP) is 2.08. The summed E-state index contributed by atoms with van der Waals surface area (Å²) in [7, 11) is 3.88. The number of nitrogens with one attached hydrogen (secondary N) is 1. The molecule has 122 valence electrons. The first-order chi connectivity index (χ1) is 11.1. The molecule has 3 rings (SSSR count). The zero-order valence-electron chi connectivity index (χ0n) is 13.7. The van der Waals surface area contributed by atoms with Crippen molar-refractivity contribution in [2.45, 2.75) is 19.4 Å².